The number of aromatic nitrogens is 2. The van der Waals surface area contributed by atoms with Gasteiger partial charge in [0.15, 0.2) is 17.7 Å². The van der Waals surface area contributed by atoms with Gasteiger partial charge >= 0.3 is 0 Å². The van der Waals surface area contributed by atoms with Crippen LogP contribution in [0.25, 0.3) is 5.69 Å². The first-order chi connectivity index (χ1) is 11.3. The third kappa shape index (κ3) is 3.26. The van der Waals surface area contributed by atoms with E-state index in [9.17, 15) is 9.59 Å². The largest absolute Gasteiger partial charge is 0.296 e. The van der Waals surface area contributed by atoms with Crippen molar-refractivity contribution in [2.24, 2.45) is 10.2 Å². The van der Waals surface area contributed by atoms with Gasteiger partial charge in [-0.25, -0.2) is 4.68 Å². The van der Waals surface area contributed by atoms with E-state index in [-0.39, 0.29) is 11.4 Å². The van der Waals surface area contributed by atoms with Gasteiger partial charge in [0.1, 0.15) is 0 Å². The predicted molar refractivity (Wildman–Crippen MR) is 85.8 cm³/mol. The molecule has 0 radical (unpaired) electrons. The van der Waals surface area contributed by atoms with Crippen molar-refractivity contribution < 1.29 is 4.79 Å². The average molecular weight is 304 g/mol. The maximum Gasteiger partial charge on any atom is 0.238 e. The van der Waals surface area contributed by atoms with Crippen LogP contribution in [0.1, 0.15) is 10.5 Å². The normalized spacial score (nSPS) is 10.8. The number of nitrogens with zero attached hydrogens (tertiary/aromatic N) is 4. The number of rotatable bonds is 4. The molecule has 0 aliphatic carbocycles. The number of aldehydes is 1. The van der Waals surface area contributed by atoms with Crippen molar-refractivity contribution in [3.8, 4) is 5.69 Å². The molecule has 0 atom stereocenters. The van der Waals surface area contributed by atoms with Gasteiger partial charge in [0, 0.05) is 0 Å². The lowest BCUT2D eigenvalue weighted by atomic mass is 10.3. The van der Waals surface area contributed by atoms with Gasteiger partial charge in [0.25, 0.3) is 0 Å². The molecule has 1 heterocycles. The molecule has 6 heteroatoms. The number of hydrogen-bond acceptors (Lipinski definition) is 5. The van der Waals surface area contributed by atoms with Crippen LogP contribution >= 0.6 is 0 Å². The maximum atomic E-state index is 12.1. The zero-order valence-electron chi connectivity index (χ0n) is 12.0. The summed E-state index contributed by atoms with van der Waals surface area (Å²) in [4.78, 5) is 23.2. The van der Waals surface area contributed by atoms with Crippen LogP contribution in [0, 0.1) is 0 Å². The van der Waals surface area contributed by atoms with Crippen LogP contribution in [0.2, 0.25) is 0 Å². The number of azo groups is 1. The van der Waals surface area contributed by atoms with Gasteiger partial charge in [-0.05, 0) is 24.3 Å². The second kappa shape index (κ2) is 6.57. The Morgan fingerprint density at radius 1 is 0.913 bits per heavy atom. The molecular weight excluding hydrogens is 292 g/mol. The highest BCUT2D eigenvalue weighted by molar-refractivity contribution is 5.73. The molecule has 3 aromatic rings. The molecule has 6 nitrogen and oxygen atoms in total. The van der Waals surface area contributed by atoms with E-state index in [1.807, 2.05) is 48.5 Å². The fourth-order valence-electron chi connectivity index (χ4n) is 1.96. The Labute approximate surface area is 131 Å². The van der Waals surface area contributed by atoms with Gasteiger partial charge in [0.05, 0.1) is 17.6 Å². The first kappa shape index (κ1) is 14.5. The van der Waals surface area contributed by atoms with E-state index in [2.05, 4.69) is 15.3 Å². The molecule has 0 spiro atoms. The van der Waals surface area contributed by atoms with E-state index in [1.165, 1.54) is 10.9 Å². The molecule has 2 aromatic carbocycles. The van der Waals surface area contributed by atoms with Crippen LogP contribution in [-0.4, -0.2) is 16.1 Å². The molecule has 112 valence electrons. The topological polar surface area (TPSA) is 76.7 Å². The standard InChI is InChI=1S/C17H12N4O2/c22-12-16-17(23)15(19-18-13-7-3-1-4-8-13)11-21(20-16)14-9-5-2-6-10-14/h1-12H. The van der Waals surface area contributed by atoms with E-state index in [0.29, 0.717) is 17.7 Å². The molecule has 1 aromatic heterocycles. The molecule has 0 unspecified atom stereocenters. The summed E-state index contributed by atoms with van der Waals surface area (Å²) in [7, 11) is 0. The summed E-state index contributed by atoms with van der Waals surface area (Å²) < 4.78 is 1.44. The second-order valence-electron chi connectivity index (χ2n) is 4.66. The molecule has 0 fully saturated rings. The SMILES string of the molecule is O=Cc1nn(-c2ccccc2)cc(N=Nc2ccccc2)c1=O. The number of hydrogen-bond donors (Lipinski definition) is 0. The quantitative estimate of drug-likeness (QED) is 0.547. The van der Waals surface area contributed by atoms with Crippen molar-refractivity contribution in [2.75, 3.05) is 0 Å². The lowest BCUT2D eigenvalue weighted by Gasteiger charge is -2.06. The van der Waals surface area contributed by atoms with E-state index >= 15 is 0 Å². The maximum absolute atomic E-state index is 12.1. The number of benzene rings is 2. The van der Waals surface area contributed by atoms with Crippen LogP contribution < -0.4 is 5.43 Å². The molecule has 0 aliphatic heterocycles. The summed E-state index contributed by atoms with van der Waals surface area (Å²) in [6.07, 6.45) is 1.88. The minimum absolute atomic E-state index is 0.0507. The van der Waals surface area contributed by atoms with Gasteiger partial charge in [-0.3, -0.25) is 9.59 Å². The molecular formula is C17H12N4O2. The number of para-hydroxylation sites is 1. The van der Waals surface area contributed by atoms with Crippen molar-refractivity contribution in [2.45, 2.75) is 0 Å². The lowest BCUT2D eigenvalue weighted by Crippen LogP contribution is -2.16. The zero-order chi connectivity index (χ0) is 16.1. The second-order valence-corrected chi connectivity index (χ2v) is 4.66. The van der Waals surface area contributed by atoms with Crippen LogP contribution in [0.5, 0.6) is 0 Å². The fraction of sp³-hybridized carbons (Fsp3) is 0. The summed E-state index contributed by atoms with van der Waals surface area (Å²) in [6, 6.07) is 18.2. The summed E-state index contributed by atoms with van der Waals surface area (Å²) >= 11 is 0. The van der Waals surface area contributed by atoms with Crippen molar-refractivity contribution >= 4 is 17.7 Å². The Morgan fingerprint density at radius 3 is 2.22 bits per heavy atom. The van der Waals surface area contributed by atoms with E-state index in [4.69, 9.17) is 0 Å². The lowest BCUT2D eigenvalue weighted by molar-refractivity contribution is 0.111. The van der Waals surface area contributed by atoms with Gasteiger partial charge in [0.2, 0.25) is 5.43 Å². The summed E-state index contributed by atoms with van der Waals surface area (Å²) in [5.74, 6) is 0. The minimum Gasteiger partial charge on any atom is -0.296 e. The molecule has 23 heavy (non-hydrogen) atoms. The monoisotopic (exact) mass is 304 g/mol. The zero-order valence-corrected chi connectivity index (χ0v) is 12.0. The van der Waals surface area contributed by atoms with E-state index in [1.54, 1.807) is 12.1 Å². The highest BCUT2D eigenvalue weighted by atomic mass is 16.1. The van der Waals surface area contributed by atoms with Crippen LogP contribution in [0.4, 0.5) is 11.4 Å². The molecule has 0 aliphatic rings. The van der Waals surface area contributed by atoms with Gasteiger partial charge in [-0.15, -0.1) is 5.11 Å². The first-order valence-corrected chi connectivity index (χ1v) is 6.89. The fourth-order valence-corrected chi connectivity index (χ4v) is 1.96. The molecule has 0 bridgehead atoms. The summed E-state index contributed by atoms with van der Waals surface area (Å²) in [5, 5.41) is 12.0. The Balaban J connectivity index is 2.07. The molecule has 0 saturated heterocycles. The van der Waals surface area contributed by atoms with Gasteiger partial charge in [-0.1, -0.05) is 36.4 Å². The Hall–Kier alpha value is -3.41. The molecule has 0 amide bonds. The molecule has 0 N–H and O–H groups in total. The van der Waals surface area contributed by atoms with Crippen molar-refractivity contribution in [3.05, 3.63) is 82.8 Å². The van der Waals surface area contributed by atoms with Crippen molar-refractivity contribution in [3.63, 3.8) is 0 Å². The Bertz CT molecular complexity index is 903. The number of carbonyl (C=O) groups is 1. The summed E-state index contributed by atoms with van der Waals surface area (Å²) in [6.45, 7) is 0. The third-order valence-electron chi connectivity index (χ3n) is 3.09. The third-order valence-corrected chi connectivity index (χ3v) is 3.09. The van der Waals surface area contributed by atoms with Crippen LogP contribution in [0.3, 0.4) is 0 Å². The van der Waals surface area contributed by atoms with E-state index in [0.717, 1.165) is 0 Å². The van der Waals surface area contributed by atoms with E-state index < -0.39 is 5.43 Å². The molecule has 3 rings (SSSR count). The number of carbonyl (C=O) groups excluding carboxylic acids is 1. The Kier molecular flexibility index (Phi) is 4.15. The average Bonchev–Trinajstić information content (AvgIpc) is 2.62. The summed E-state index contributed by atoms with van der Waals surface area (Å²) in [5.41, 5.74) is 0.620. The highest BCUT2D eigenvalue weighted by Crippen LogP contribution is 2.16. The minimum atomic E-state index is -0.549. The van der Waals surface area contributed by atoms with Gasteiger partial charge in [-0.2, -0.15) is 10.2 Å². The Morgan fingerprint density at radius 2 is 1.57 bits per heavy atom. The van der Waals surface area contributed by atoms with Crippen molar-refractivity contribution in [1.82, 2.24) is 9.78 Å². The smallest absolute Gasteiger partial charge is 0.238 e. The molecule has 0 saturated carbocycles. The first-order valence-electron chi connectivity index (χ1n) is 6.89. The van der Waals surface area contributed by atoms with Crippen LogP contribution in [-0.2, 0) is 0 Å². The van der Waals surface area contributed by atoms with Crippen LogP contribution in [0.15, 0.2) is 81.9 Å². The van der Waals surface area contributed by atoms with Gasteiger partial charge < -0.3 is 0 Å². The van der Waals surface area contributed by atoms with Crippen molar-refractivity contribution in [1.29, 1.82) is 0 Å². The highest BCUT2D eigenvalue weighted by Gasteiger charge is 2.09. The predicted octanol–water partition coefficient (Wildman–Crippen LogP) is 3.46.